The summed E-state index contributed by atoms with van der Waals surface area (Å²) >= 11 is 0. The summed E-state index contributed by atoms with van der Waals surface area (Å²) in [7, 11) is -2.74. The normalized spacial score (nSPS) is 13.0. The maximum absolute atomic E-state index is 2.74. The van der Waals surface area contributed by atoms with Gasteiger partial charge in [0.2, 0.25) is 0 Å². The van der Waals surface area contributed by atoms with E-state index < -0.39 is 8.07 Å². The first-order valence-corrected chi connectivity index (χ1v) is 25.8. The van der Waals surface area contributed by atoms with Gasteiger partial charge in [0.05, 0.1) is 11.0 Å². The van der Waals surface area contributed by atoms with Crippen LogP contribution in [0, 0.1) is 0 Å². The quantitative estimate of drug-likeness (QED) is 0.0796. The van der Waals surface area contributed by atoms with Crippen LogP contribution in [0.15, 0.2) is 255 Å². The highest BCUT2D eigenvalue weighted by Gasteiger charge is 2.44. The average Bonchev–Trinajstić information content (AvgIpc) is 3.86. The SMILES string of the molecule is CC1(C)c2cc(N(c3ccc(-c4ccccc4)cc3)c3cc4ccc5cccc6c5c4c(c3)n6-c3ccccc3)ccc2-c2ccc([Si](c3ccccc3)(c3ccccc3)c3ccccc3)cc21. The molecule has 12 aromatic rings. The van der Waals surface area contributed by atoms with E-state index in [0.29, 0.717) is 0 Å². The van der Waals surface area contributed by atoms with E-state index in [2.05, 4.69) is 278 Å². The molecule has 1 aromatic heterocycles. The lowest BCUT2D eigenvalue weighted by atomic mass is 9.82. The summed E-state index contributed by atoms with van der Waals surface area (Å²) in [5.41, 5.74) is 14.4. The number of hydrogen-bond acceptors (Lipinski definition) is 1. The predicted molar refractivity (Wildman–Crippen MR) is 291 cm³/mol. The van der Waals surface area contributed by atoms with Crippen molar-refractivity contribution in [1.29, 1.82) is 0 Å². The maximum Gasteiger partial charge on any atom is 0.179 e. The Morgan fingerprint density at radius 1 is 0.353 bits per heavy atom. The van der Waals surface area contributed by atoms with Gasteiger partial charge in [0, 0.05) is 38.9 Å². The van der Waals surface area contributed by atoms with Gasteiger partial charge >= 0.3 is 0 Å². The third kappa shape index (κ3) is 6.09. The number of nitrogens with zero attached hydrogens (tertiary/aromatic N) is 2. The van der Waals surface area contributed by atoms with Gasteiger partial charge in [0.25, 0.3) is 0 Å². The molecule has 0 saturated heterocycles. The molecule has 1 heterocycles. The molecule has 0 saturated carbocycles. The molecule has 0 aliphatic heterocycles. The van der Waals surface area contributed by atoms with Crippen molar-refractivity contribution in [3.05, 3.63) is 266 Å². The van der Waals surface area contributed by atoms with E-state index >= 15 is 0 Å². The zero-order valence-electron chi connectivity index (χ0n) is 38.1. The van der Waals surface area contributed by atoms with E-state index in [4.69, 9.17) is 0 Å². The van der Waals surface area contributed by atoms with Crippen LogP contribution >= 0.6 is 0 Å². The molecule has 0 unspecified atom stereocenters. The van der Waals surface area contributed by atoms with Crippen molar-refractivity contribution in [2.45, 2.75) is 19.3 Å². The number of benzene rings is 11. The van der Waals surface area contributed by atoms with Crippen molar-refractivity contribution in [3.63, 3.8) is 0 Å². The fraction of sp³-hybridized carbons (Fsp3) is 0.0462. The largest absolute Gasteiger partial charge is 0.310 e. The summed E-state index contributed by atoms with van der Waals surface area (Å²) in [5.74, 6) is 0. The Labute approximate surface area is 399 Å². The molecule has 68 heavy (non-hydrogen) atoms. The Bertz CT molecular complexity index is 3690. The molecular weight excluding hydrogens is 837 g/mol. The Kier molecular flexibility index (Phi) is 9.25. The highest BCUT2D eigenvalue weighted by molar-refractivity contribution is 7.19. The zero-order chi connectivity index (χ0) is 45.4. The van der Waals surface area contributed by atoms with Crippen molar-refractivity contribution < 1.29 is 0 Å². The molecule has 3 heteroatoms. The summed E-state index contributed by atoms with van der Waals surface area (Å²) in [6.07, 6.45) is 0. The van der Waals surface area contributed by atoms with Gasteiger partial charge in [-0.2, -0.15) is 0 Å². The van der Waals surface area contributed by atoms with Crippen LogP contribution in [0.3, 0.4) is 0 Å². The number of para-hydroxylation sites is 1. The van der Waals surface area contributed by atoms with Gasteiger partial charge in [-0.15, -0.1) is 0 Å². The molecule has 0 spiro atoms. The molecule has 0 bridgehead atoms. The van der Waals surface area contributed by atoms with Crippen LogP contribution in [-0.2, 0) is 5.41 Å². The summed E-state index contributed by atoms with van der Waals surface area (Å²) in [6.45, 7) is 4.86. The smallest absolute Gasteiger partial charge is 0.179 e. The van der Waals surface area contributed by atoms with Crippen LogP contribution in [0.25, 0.3) is 60.5 Å². The summed E-state index contributed by atoms with van der Waals surface area (Å²) in [4.78, 5) is 2.48. The van der Waals surface area contributed by atoms with Gasteiger partial charge in [-0.05, 0) is 119 Å². The lowest BCUT2D eigenvalue weighted by Crippen LogP contribution is -2.74. The molecule has 0 radical (unpaired) electrons. The van der Waals surface area contributed by atoms with E-state index in [9.17, 15) is 0 Å². The third-order valence-corrected chi connectivity index (χ3v) is 19.6. The van der Waals surface area contributed by atoms with Gasteiger partial charge in [-0.3, -0.25) is 0 Å². The second kappa shape index (κ2) is 15.7. The Morgan fingerprint density at radius 3 is 1.50 bits per heavy atom. The van der Waals surface area contributed by atoms with Crippen molar-refractivity contribution >= 4 is 78.5 Å². The van der Waals surface area contributed by atoms with Crippen molar-refractivity contribution in [3.8, 4) is 27.9 Å². The molecule has 2 nitrogen and oxygen atoms in total. The molecule has 1 aliphatic carbocycles. The van der Waals surface area contributed by atoms with Crippen LogP contribution in [0.4, 0.5) is 17.1 Å². The average molecular weight is 885 g/mol. The van der Waals surface area contributed by atoms with Crippen molar-refractivity contribution in [2.24, 2.45) is 0 Å². The molecule has 0 fully saturated rings. The van der Waals surface area contributed by atoms with Crippen LogP contribution in [0.1, 0.15) is 25.0 Å². The first-order chi connectivity index (χ1) is 33.5. The minimum atomic E-state index is -2.74. The fourth-order valence-electron chi connectivity index (χ4n) is 11.7. The Morgan fingerprint density at radius 2 is 0.868 bits per heavy atom. The lowest BCUT2D eigenvalue weighted by molar-refractivity contribution is 0.661. The van der Waals surface area contributed by atoms with Crippen LogP contribution in [0.2, 0.25) is 0 Å². The monoisotopic (exact) mass is 884 g/mol. The first kappa shape index (κ1) is 40.1. The van der Waals surface area contributed by atoms with Gasteiger partial charge in [0.1, 0.15) is 0 Å². The van der Waals surface area contributed by atoms with Crippen molar-refractivity contribution in [2.75, 3.05) is 4.90 Å². The molecule has 13 rings (SSSR count). The third-order valence-electron chi connectivity index (χ3n) is 14.9. The van der Waals surface area contributed by atoms with Crippen LogP contribution in [-0.4, -0.2) is 12.6 Å². The molecule has 0 N–H and O–H groups in total. The summed E-state index contributed by atoms with van der Waals surface area (Å²) in [6, 6.07) is 95.2. The number of rotatable bonds is 9. The number of hydrogen-bond donors (Lipinski definition) is 0. The molecule has 0 amide bonds. The van der Waals surface area contributed by atoms with Gasteiger partial charge in [-0.25, -0.2) is 0 Å². The van der Waals surface area contributed by atoms with Gasteiger partial charge in [0.15, 0.2) is 8.07 Å². The summed E-state index contributed by atoms with van der Waals surface area (Å²) in [5, 5.41) is 10.6. The minimum Gasteiger partial charge on any atom is -0.310 e. The van der Waals surface area contributed by atoms with E-state index in [1.165, 1.54) is 86.7 Å². The Hall–Kier alpha value is -8.24. The molecule has 0 atom stereocenters. The van der Waals surface area contributed by atoms with E-state index in [1.807, 2.05) is 0 Å². The van der Waals surface area contributed by atoms with Gasteiger partial charge in [-0.1, -0.05) is 214 Å². The van der Waals surface area contributed by atoms with E-state index in [1.54, 1.807) is 0 Å². The van der Waals surface area contributed by atoms with Crippen molar-refractivity contribution in [1.82, 2.24) is 4.57 Å². The lowest BCUT2D eigenvalue weighted by Gasteiger charge is -2.35. The zero-order valence-corrected chi connectivity index (χ0v) is 39.1. The molecule has 322 valence electrons. The highest BCUT2D eigenvalue weighted by Crippen LogP contribution is 2.51. The number of fused-ring (bicyclic) bond motifs is 3. The second-order valence-corrected chi connectivity index (χ2v) is 22.7. The fourth-order valence-corrected chi connectivity index (χ4v) is 16.5. The second-order valence-electron chi connectivity index (χ2n) is 18.9. The van der Waals surface area contributed by atoms with Crippen LogP contribution in [0.5, 0.6) is 0 Å². The number of aromatic nitrogens is 1. The summed E-state index contributed by atoms with van der Waals surface area (Å²) < 4.78 is 2.45. The first-order valence-electron chi connectivity index (χ1n) is 23.8. The molecule has 11 aromatic carbocycles. The molecular formula is C65H48N2Si. The predicted octanol–water partition coefficient (Wildman–Crippen LogP) is 14.2. The molecule has 1 aliphatic rings. The minimum absolute atomic E-state index is 0.279. The van der Waals surface area contributed by atoms with E-state index in [-0.39, 0.29) is 5.41 Å². The van der Waals surface area contributed by atoms with Gasteiger partial charge < -0.3 is 9.47 Å². The Balaban J connectivity index is 1.00. The maximum atomic E-state index is 2.58. The van der Waals surface area contributed by atoms with E-state index in [0.717, 1.165) is 22.7 Å². The highest BCUT2D eigenvalue weighted by atomic mass is 28.3. The standard InChI is InChI=1S/C65H48N2Si/c1-65(2)59-42-51(37-39-57(59)58-40-38-56(44-60(58)65)68(53-24-12-5-13-25-53,54-26-14-6-15-27-54)55-28-16-7-17-29-55)66(50-35-33-46(34-36-50)45-19-8-3-9-20-45)52-41-48-32-31-47-21-18-30-61-63(47)64(48)62(43-52)67(61)49-22-10-4-11-23-49/h3-44H,1-2H3. The number of anilines is 3. The van der Waals surface area contributed by atoms with Crippen LogP contribution < -0.4 is 25.6 Å². The topological polar surface area (TPSA) is 8.17 Å².